The van der Waals surface area contributed by atoms with Crippen LogP contribution in [0.25, 0.3) is 10.9 Å². The van der Waals surface area contributed by atoms with Gasteiger partial charge in [-0.25, -0.2) is 0 Å². The summed E-state index contributed by atoms with van der Waals surface area (Å²) in [6.07, 6.45) is 4.66. The van der Waals surface area contributed by atoms with Crippen LogP contribution >= 0.6 is 0 Å². The number of nitrogens with zero attached hydrogens (tertiary/aromatic N) is 4. The summed E-state index contributed by atoms with van der Waals surface area (Å²) in [5.41, 5.74) is 2.95. The number of hydrogen-bond donors (Lipinski definition) is 1. The van der Waals surface area contributed by atoms with Crippen LogP contribution in [0.1, 0.15) is 32.8 Å². The van der Waals surface area contributed by atoms with Crippen molar-refractivity contribution in [2.24, 2.45) is 7.05 Å². The van der Waals surface area contributed by atoms with E-state index >= 15 is 0 Å². The Morgan fingerprint density at radius 1 is 1.03 bits per heavy atom. The Labute approximate surface area is 193 Å². The van der Waals surface area contributed by atoms with Crippen LogP contribution in [0.2, 0.25) is 0 Å². The molecular formula is C26H27N5O2. The summed E-state index contributed by atoms with van der Waals surface area (Å²) in [4.78, 5) is 27.8. The zero-order chi connectivity index (χ0) is 23.2. The number of hydrogen-bond acceptors (Lipinski definition) is 4. The number of aromatic nitrogens is 3. The summed E-state index contributed by atoms with van der Waals surface area (Å²) in [5, 5.41) is 11.9. The van der Waals surface area contributed by atoms with Crippen molar-refractivity contribution in [3.8, 4) is 0 Å². The Balaban J connectivity index is 1.52. The van der Waals surface area contributed by atoms with Gasteiger partial charge in [-0.3, -0.25) is 9.59 Å². The van der Waals surface area contributed by atoms with Crippen molar-refractivity contribution in [2.45, 2.75) is 18.9 Å². The van der Waals surface area contributed by atoms with E-state index in [0.29, 0.717) is 36.2 Å². The number of rotatable bonds is 8. The lowest BCUT2D eigenvalue weighted by molar-refractivity contribution is 0.0724. The molecule has 0 radical (unpaired) electrons. The molecule has 2 amide bonds. The van der Waals surface area contributed by atoms with Gasteiger partial charge in [-0.1, -0.05) is 48.5 Å². The fraction of sp³-hybridized carbons (Fsp3) is 0.231. The zero-order valence-corrected chi connectivity index (χ0v) is 18.8. The van der Waals surface area contributed by atoms with Crippen molar-refractivity contribution in [1.82, 2.24) is 25.0 Å². The summed E-state index contributed by atoms with van der Waals surface area (Å²) in [6, 6.07) is 21.1. The van der Waals surface area contributed by atoms with Gasteiger partial charge < -0.3 is 14.8 Å². The maximum Gasteiger partial charge on any atom is 0.267 e. The maximum atomic E-state index is 13.5. The normalized spacial score (nSPS) is 11.8. The monoisotopic (exact) mass is 441 g/mol. The first kappa shape index (κ1) is 22.2. The van der Waals surface area contributed by atoms with Crippen molar-refractivity contribution in [1.29, 1.82) is 0 Å². The van der Waals surface area contributed by atoms with Gasteiger partial charge in [0.2, 0.25) is 0 Å². The smallest absolute Gasteiger partial charge is 0.267 e. The van der Waals surface area contributed by atoms with E-state index in [2.05, 4.69) is 27.6 Å². The SMILES string of the molecule is CN(C(=O)c1cnnc2ccccc12)C(CCNC(=O)c1cccn1C)Cc1ccccc1. The number of carbonyl (C=O) groups excluding carboxylic acids is 2. The minimum absolute atomic E-state index is 0.111. The van der Waals surface area contributed by atoms with Crippen LogP contribution in [0, 0.1) is 0 Å². The van der Waals surface area contributed by atoms with Crippen molar-refractivity contribution in [3.05, 3.63) is 95.9 Å². The topological polar surface area (TPSA) is 80.1 Å². The molecule has 0 spiro atoms. The van der Waals surface area contributed by atoms with Crippen LogP contribution in [0.4, 0.5) is 0 Å². The number of nitrogens with one attached hydrogen (secondary N) is 1. The van der Waals surface area contributed by atoms with Crippen molar-refractivity contribution < 1.29 is 9.59 Å². The largest absolute Gasteiger partial charge is 0.351 e. The molecule has 0 aliphatic carbocycles. The fourth-order valence-corrected chi connectivity index (χ4v) is 3.99. The van der Waals surface area contributed by atoms with Crippen LogP contribution < -0.4 is 5.32 Å². The van der Waals surface area contributed by atoms with Gasteiger partial charge in [0.05, 0.1) is 17.3 Å². The van der Waals surface area contributed by atoms with E-state index in [1.54, 1.807) is 15.5 Å². The van der Waals surface area contributed by atoms with Gasteiger partial charge in [0.15, 0.2) is 0 Å². The van der Waals surface area contributed by atoms with E-state index in [1.807, 2.05) is 68.8 Å². The zero-order valence-electron chi connectivity index (χ0n) is 18.8. The third-order valence-electron chi connectivity index (χ3n) is 5.90. The number of carbonyl (C=O) groups is 2. The summed E-state index contributed by atoms with van der Waals surface area (Å²) in [7, 11) is 3.65. The number of fused-ring (bicyclic) bond motifs is 1. The molecule has 0 saturated heterocycles. The fourth-order valence-electron chi connectivity index (χ4n) is 3.99. The molecule has 4 rings (SSSR count). The molecular weight excluding hydrogens is 414 g/mol. The average molecular weight is 442 g/mol. The number of benzene rings is 2. The van der Waals surface area contributed by atoms with Crippen molar-refractivity contribution in [3.63, 3.8) is 0 Å². The van der Waals surface area contributed by atoms with E-state index in [-0.39, 0.29) is 17.9 Å². The van der Waals surface area contributed by atoms with Crippen molar-refractivity contribution >= 4 is 22.7 Å². The van der Waals surface area contributed by atoms with Gasteiger partial charge in [-0.2, -0.15) is 10.2 Å². The molecule has 7 heteroatoms. The van der Waals surface area contributed by atoms with Crippen LogP contribution in [0.15, 0.2) is 79.1 Å². The predicted octanol–water partition coefficient (Wildman–Crippen LogP) is 3.47. The quantitative estimate of drug-likeness (QED) is 0.454. The number of likely N-dealkylation sites (N-methyl/N-ethyl adjacent to an activating group) is 1. The van der Waals surface area contributed by atoms with Crippen LogP contribution in [0.3, 0.4) is 0 Å². The Morgan fingerprint density at radius 2 is 1.79 bits per heavy atom. The molecule has 1 atom stereocenters. The molecule has 4 aromatic rings. The van der Waals surface area contributed by atoms with E-state index in [4.69, 9.17) is 0 Å². The summed E-state index contributed by atoms with van der Waals surface area (Å²) >= 11 is 0. The van der Waals surface area contributed by atoms with E-state index < -0.39 is 0 Å². The van der Waals surface area contributed by atoms with Crippen LogP contribution in [-0.4, -0.2) is 51.1 Å². The summed E-state index contributed by atoms with van der Waals surface area (Å²) < 4.78 is 1.79. The van der Waals surface area contributed by atoms with Gasteiger partial charge in [0.1, 0.15) is 5.69 Å². The third-order valence-corrected chi connectivity index (χ3v) is 5.90. The van der Waals surface area contributed by atoms with E-state index in [9.17, 15) is 9.59 Å². The molecule has 2 heterocycles. The molecule has 1 unspecified atom stereocenters. The molecule has 0 bridgehead atoms. The first-order valence-electron chi connectivity index (χ1n) is 11.0. The van der Waals surface area contributed by atoms with Gasteiger partial charge in [-0.15, -0.1) is 0 Å². The summed E-state index contributed by atoms with van der Waals surface area (Å²) in [6.45, 7) is 0.453. The average Bonchev–Trinajstić information content (AvgIpc) is 3.28. The lowest BCUT2D eigenvalue weighted by Crippen LogP contribution is -2.41. The molecule has 168 valence electrons. The Kier molecular flexibility index (Phi) is 6.78. The number of aryl methyl sites for hydroxylation is 1. The second kappa shape index (κ2) is 10.1. The Bertz CT molecular complexity index is 1250. The minimum Gasteiger partial charge on any atom is -0.351 e. The molecule has 7 nitrogen and oxygen atoms in total. The maximum absolute atomic E-state index is 13.5. The predicted molar refractivity (Wildman–Crippen MR) is 128 cm³/mol. The molecule has 2 aromatic carbocycles. The Hall–Kier alpha value is -4.00. The summed E-state index contributed by atoms with van der Waals surface area (Å²) in [5.74, 6) is -0.241. The first-order chi connectivity index (χ1) is 16.0. The second-order valence-corrected chi connectivity index (χ2v) is 8.08. The highest BCUT2D eigenvalue weighted by Gasteiger charge is 2.24. The second-order valence-electron chi connectivity index (χ2n) is 8.08. The molecule has 0 aliphatic heterocycles. The lowest BCUT2D eigenvalue weighted by atomic mass is 10.0. The lowest BCUT2D eigenvalue weighted by Gasteiger charge is -2.29. The van der Waals surface area contributed by atoms with Crippen LogP contribution in [-0.2, 0) is 13.5 Å². The Morgan fingerprint density at radius 3 is 2.55 bits per heavy atom. The number of amides is 2. The minimum atomic E-state index is -0.126. The first-order valence-corrected chi connectivity index (χ1v) is 11.0. The highest BCUT2D eigenvalue weighted by Crippen LogP contribution is 2.19. The van der Waals surface area contributed by atoms with Gasteiger partial charge in [0.25, 0.3) is 11.8 Å². The highest BCUT2D eigenvalue weighted by molar-refractivity contribution is 6.05. The van der Waals surface area contributed by atoms with Crippen molar-refractivity contribution in [2.75, 3.05) is 13.6 Å². The van der Waals surface area contributed by atoms with Gasteiger partial charge in [-0.05, 0) is 36.6 Å². The highest BCUT2D eigenvalue weighted by atomic mass is 16.2. The van der Waals surface area contributed by atoms with Gasteiger partial charge in [0, 0.05) is 38.3 Å². The standard InChI is InChI=1S/C26H27N5O2/c1-30-16-8-13-24(30)25(32)27-15-14-20(17-19-9-4-3-5-10-19)31(2)26(33)22-18-28-29-23-12-7-6-11-21(22)23/h3-13,16,18,20H,14-15,17H2,1-2H3,(H,27,32). The van der Waals surface area contributed by atoms with Crippen LogP contribution in [0.5, 0.6) is 0 Å². The van der Waals surface area contributed by atoms with E-state index in [0.717, 1.165) is 10.9 Å². The molecule has 1 N–H and O–H groups in total. The molecule has 33 heavy (non-hydrogen) atoms. The molecule has 2 aromatic heterocycles. The molecule has 0 aliphatic rings. The third kappa shape index (κ3) is 5.09. The molecule has 0 saturated carbocycles. The van der Waals surface area contributed by atoms with Gasteiger partial charge >= 0.3 is 0 Å². The van der Waals surface area contributed by atoms with E-state index in [1.165, 1.54) is 6.20 Å². The molecule has 0 fully saturated rings.